The highest BCUT2D eigenvalue weighted by Gasteiger charge is 2.36. The quantitative estimate of drug-likeness (QED) is 0.810. The zero-order valence-corrected chi connectivity index (χ0v) is 14.1. The number of para-hydroxylation sites is 1. The summed E-state index contributed by atoms with van der Waals surface area (Å²) in [4.78, 5) is 36.7. The summed E-state index contributed by atoms with van der Waals surface area (Å²) < 4.78 is 5.03. The van der Waals surface area contributed by atoms with Gasteiger partial charge in [0.2, 0.25) is 11.8 Å². The lowest BCUT2D eigenvalue weighted by molar-refractivity contribution is -0.141. The minimum Gasteiger partial charge on any atom is -0.463 e. The number of nitrogens with one attached hydrogen (secondary N) is 2. The lowest BCUT2D eigenvalue weighted by atomic mass is 9.89. The Hall–Kier alpha value is -2.63. The first-order chi connectivity index (χ1) is 11.5. The molecule has 0 saturated carbocycles. The molecular formula is C18H22N2O4. The topological polar surface area (TPSA) is 84.5 Å². The number of aryl methyl sites for hydroxylation is 1. The maximum absolute atomic E-state index is 12.7. The third-order valence-corrected chi connectivity index (χ3v) is 3.94. The normalized spacial score (nSPS) is 17.3. The highest BCUT2D eigenvalue weighted by atomic mass is 16.5. The molecule has 0 spiro atoms. The van der Waals surface area contributed by atoms with Crippen LogP contribution in [0.3, 0.4) is 0 Å². The molecule has 1 aliphatic rings. The van der Waals surface area contributed by atoms with E-state index in [2.05, 4.69) is 10.6 Å². The number of carbonyl (C=O) groups is 3. The van der Waals surface area contributed by atoms with E-state index in [0.29, 0.717) is 11.4 Å². The lowest BCUT2D eigenvalue weighted by Gasteiger charge is -2.25. The fraction of sp³-hybridized carbons (Fsp3) is 0.389. The van der Waals surface area contributed by atoms with Crippen molar-refractivity contribution in [1.82, 2.24) is 5.32 Å². The van der Waals surface area contributed by atoms with E-state index in [4.69, 9.17) is 4.74 Å². The van der Waals surface area contributed by atoms with Crippen LogP contribution in [0.25, 0.3) is 0 Å². The van der Waals surface area contributed by atoms with Crippen LogP contribution in [0.2, 0.25) is 0 Å². The Bertz CT molecular complexity index is 694. The van der Waals surface area contributed by atoms with Gasteiger partial charge >= 0.3 is 5.97 Å². The summed E-state index contributed by atoms with van der Waals surface area (Å²) in [5, 5.41) is 5.44. The summed E-state index contributed by atoms with van der Waals surface area (Å²) in [5.74, 6) is -2.10. The van der Waals surface area contributed by atoms with E-state index < -0.39 is 11.9 Å². The molecule has 2 rings (SSSR count). The Balaban J connectivity index is 2.29. The second-order valence-electron chi connectivity index (χ2n) is 5.56. The smallest absolute Gasteiger partial charge is 0.336 e. The molecule has 0 aromatic heterocycles. The second kappa shape index (κ2) is 7.77. The molecule has 2 N–H and O–H groups in total. The number of hydrogen-bond donors (Lipinski definition) is 2. The number of esters is 1. The van der Waals surface area contributed by atoms with Crippen molar-refractivity contribution in [2.45, 2.75) is 33.6 Å². The van der Waals surface area contributed by atoms with Crippen molar-refractivity contribution in [2.24, 2.45) is 5.92 Å². The van der Waals surface area contributed by atoms with Crippen molar-refractivity contribution in [3.8, 4) is 0 Å². The molecule has 1 aromatic rings. The van der Waals surface area contributed by atoms with E-state index >= 15 is 0 Å². The van der Waals surface area contributed by atoms with E-state index in [1.165, 1.54) is 0 Å². The highest BCUT2D eigenvalue weighted by molar-refractivity contribution is 6.06. The van der Waals surface area contributed by atoms with Gasteiger partial charge in [-0.05, 0) is 31.9 Å². The van der Waals surface area contributed by atoms with Crippen LogP contribution in [0.5, 0.6) is 0 Å². The van der Waals surface area contributed by atoms with Crippen LogP contribution in [0, 0.1) is 5.92 Å². The van der Waals surface area contributed by atoms with Gasteiger partial charge in [0.25, 0.3) is 0 Å². The van der Waals surface area contributed by atoms with E-state index in [0.717, 1.165) is 12.0 Å². The van der Waals surface area contributed by atoms with Crippen molar-refractivity contribution in [1.29, 1.82) is 0 Å². The summed E-state index contributed by atoms with van der Waals surface area (Å²) in [6.45, 7) is 5.50. The predicted octanol–water partition coefficient (Wildman–Crippen LogP) is 2.16. The van der Waals surface area contributed by atoms with Gasteiger partial charge in [-0.2, -0.15) is 0 Å². The first-order valence-corrected chi connectivity index (χ1v) is 8.04. The van der Waals surface area contributed by atoms with E-state index in [1.54, 1.807) is 19.9 Å². The molecule has 2 amide bonds. The van der Waals surface area contributed by atoms with Crippen molar-refractivity contribution >= 4 is 23.5 Å². The van der Waals surface area contributed by atoms with E-state index in [9.17, 15) is 14.4 Å². The Morgan fingerprint density at radius 1 is 1.29 bits per heavy atom. The number of amides is 2. The molecule has 1 atom stereocenters. The number of benzene rings is 1. The molecule has 0 fully saturated rings. The third-order valence-electron chi connectivity index (χ3n) is 3.94. The number of allylic oxidation sites excluding steroid dienone is 1. The fourth-order valence-corrected chi connectivity index (χ4v) is 2.77. The number of ether oxygens (including phenoxy) is 1. The Morgan fingerprint density at radius 2 is 2.00 bits per heavy atom. The van der Waals surface area contributed by atoms with Crippen LogP contribution < -0.4 is 10.6 Å². The fourth-order valence-electron chi connectivity index (χ4n) is 2.77. The lowest BCUT2D eigenvalue weighted by Crippen LogP contribution is -2.40. The molecule has 6 heteroatoms. The summed E-state index contributed by atoms with van der Waals surface area (Å²) >= 11 is 0. The average molecular weight is 330 g/mol. The summed E-state index contributed by atoms with van der Waals surface area (Å²) in [6, 6.07) is 7.46. The van der Waals surface area contributed by atoms with Gasteiger partial charge in [-0.1, -0.05) is 25.1 Å². The summed E-state index contributed by atoms with van der Waals surface area (Å²) in [7, 11) is 0. The number of anilines is 1. The van der Waals surface area contributed by atoms with Crippen molar-refractivity contribution in [2.75, 3.05) is 11.9 Å². The monoisotopic (exact) mass is 330 g/mol. The Kier molecular flexibility index (Phi) is 5.73. The molecule has 0 saturated heterocycles. The zero-order chi connectivity index (χ0) is 17.7. The second-order valence-corrected chi connectivity index (χ2v) is 5.56. The number of carbonyl (C=O) groups excluding carboxylic acids is 3. The average Bonchev–Trinajstić information content (AvgIpc) is 2.54. The van der Waals surface area contributed by atoms with Gasteiger partial charge in [-0.25, -0.2) is 4.79 Å². The maximum Gasteiger partial charge on any atom is 0.336 e. The van der Waals surface area contributed by atoms with Gasteiger partial charge in [0.15, 0.2) is 0 Å². The SMILES string of the molecule is CCOC(=O)C1=C(C)NC(=O)C[C@@H]1C(=O)Nc1ccccc1CC. The van der Waals surface area contributed by atoms with Crippen molar-refractivity contribution in [3.05, 3.63) is 41.1 Å². The minimum atomic E-state index is -0.859. The molecule has 1 aliphatic heterocycles. The van der Waals surface area contributed by atoms with Crippen molar-refractivity contribution in [3.63, 3.8) is 0 Å². The van der Waals surface area contributed by atoms with Gasteiger partial charge in [0.1, 0.15) is 0 Å². The molecule has 1 heterocycles. The largest absolute Gasteiger partial charge is 0.463 e. The molecule has 24 heavy (non-hydrogen) atoms. The van der Waals surface area contributed by atoms with Gasteiger partial charge in [0, 0.05) is 17.8 Å². The third kappa shape index (κ3) is 3.82. The van der Waals surface area contributed by atoms with Crippen LogP contribution >= 0.6 is 0 Å². The van der Waals surface area contributed by atoms with Crippen LogP contribution in [-0.2, 0) is 25.5 Å². The van der Waals surface area contributed by atoms with Crippen LogP contribution in [-0.4, -0.2) is 24.4 Å². The van der Waals surface area contributed by atoms with Gasteiger partial charge in [-0.15, -0.1) is 0 Å². The van der Waals surface area contributed by atoms with Gasteiger partial charge in [0.05, 0.1) is 18.1 Å². The molecule has 0 bridgehead atoms. The zero-order valence-electron chi connectivity index (χ0n) is 14.1. The highest BCUT2D eigenvalue weighted by Crippen LogP contribution is 2.26. The van der Waals surface area contributed by atoms with E-state index in [-0.39, 0.29) is 30.4 Å². The van der Waals surface area contributed by atoms with Crippen LogP contribution in [0.15, 0.2) is 35.5 Å². The minimum absolute atomic E-state index is 0.0778. The van der Waals surface area contributed by atoms with Crippen molar-refractivity contribution < 1.29 is 19.1 Å². The predicted molar refractivity (Wildman–Crippen MR) is 90.0 cm³/mol. The first kappa shape index (κ1) is 17.7. The van der Waals surface area contributed by atoms with Crippen LogP contribution in [0.1, 0.15) is 32.8 Å². The summed E-state index contributed by atoms with van der Waals surface area (Å²) in [6.07, 6.45) is 0.687. The van der Waals surface area contributed by atoms with Gasteiger partial charge < -0.3 is 15.4 Å². The molecule has 0 radical (unpaired) electrons. The maximum atomic E-state index is 12.7. The van der Waals surface area contributed by atoms with E-state index in [1.807, 2.05) is 25.1 Å². The van der Waals surface area contributed by atoms with Gasteiger partial charge in [-0.3, -0.25) is 9.59 Å². The molecular weight excluding hydrogens is 308 g/mol. The molecule has 1 aromatic carbocycles. The number of rotatable bonds is 5. The van der Waals surface area contributed by atoms with Crippen LogP contribution in [0.4, 0.5) is 5.69 Å². The molecule has 0 aliphatic carbocycles. The molecule has 0 unspecified atom stereocenters. The standard InChI is InChI=1S/C18H22N2O4/c1-4-12-8-6-7-9-14(12)20-17(22)13-10-15(21)19-11(3)16(13)18(23)24-5-2/h6-9,13H,4-5,10H2,1-3H3,(H,19,21)(H,20,22)/t13-/m0/s1. The Labute approximate surface area is 141 Å². The first-order valence-electron chi connectivity index (χ1n) is 8.04. The molecule has 6 nitrogen and oxygen atoms in total. The summed E-state index contributed by atoms with van der Waals surface area (Å²) in [5.41, 5.74) is 2.26. The Morgan fingerprint density at radius 3 is 2.67 bits per heavy atom. The number of hydrogen-bond acceptors (Lipinski definition) is 4. The molecule has 128 valence electrons.